The molecule has 3 amide bonds. The average molecular weight is 530 g/mol. The molecule has 0 aliphatic heterocycles. The largest absolute Gasteiger partial charge is 0.322 e. The van der Waals surface area contributed by atoms with Crippen molar-refractivity contribution in [1.82, 2.24) is 14.7 Å². The van der Waals surface area contributed by atoms with E-state index in [1.165, 1.54) is 4.90 Å². The zero-order chi connectivity index (χ0) is 27.4. The van der Waals surface area contributed by atoms with Crippen molar-refractivity contribution in [3.05, 3.63) is 94.6 Å². The first-order chi connectivity index (χ1) is 18.1. The number of nitrogens with zero attached hydrogens (tertiary/aromatic N) is 3. The molecule has 4 rings (SSSR count). The van der Waals surface area contributed by atoms with Gasteiger partial charge in [-0.25, -0.2) is 9.48 Å². The summed E-state index contributed by atoms with van der Waals surface area (Å²) in [5.74, 6) is 0.221. The van der Waals surface area contributed by atoms with Gasteiger partial charge in [0.05, 0.1) is 11.4 Å². The van der Waals surface area contributed by atoms with Crippen molar-refractivity contribution >= 4 is 35.0 Å². The van der Waals surface area contributed by atoms with Gasteiger partial charge in [-0.1, -0.05) is 65.7 Å². The SMILES string of the molecule is Cc1ccc(-n2nc(C)c(-c3ccccc3)c2NC(=O)CN(C(=O)Nc2ccc(C)c(Cl)c2)C(C)C)cc1. The standard InChI is InChI=1S/C30H32ClN5O2/c1-19(2)35(30(38)32-24-14-13-21(4)26(31)17-24)18-27(37)33-29-28(23-9-7-6-8-10-23)22(5)34-36(29)25-15-11-20(3)12-16-25/h6-17,19H,18H2,1-5H3,(H,32,38)(H,33,37). The number of carbonyl (C=O) groups is 2. The first-order valence-electron chi connectivity index (χ1n) is 12.5. The van der Waals surface area contributed by atoms with Gasteiger partial charge in [0, 0.05) is 22.3 Å². The number of urea groups is 1. The number of nitrogens with one attached hydrogen (secondary N) is 2. The van der Waals surface area contributed by atoms with Gasteiger partial charge in [-0.2, -0.15) is 5.10 Å². The maximum atomic E-state index is 13.4. The molecule has 1 heterocycles. The molecule has 2 N–H and O–H groups in total. The Bertz CT molecular complexity index is 1450. The number of halogens is 1. The van der Waals surface area contributed by atoms with Crippen LogP contribution in [0.4, 0.5) is 16.3 Å². The number of hydrogen-bond acceptors (Lipinski definition) is 3. The van der Waals surface area contributed by atoms with Crippen LogP contribution in [-0.4, -0.2) is 39.2 Å². The van der Waals surface area contributed by atoms with E-state index in [1.807, 2.05) is 95.3 Å². The van der Waals surface area contributed by atoms with Crippen LogP contribution in [-0.2, 0) is 4.79 Å². The second-order valence-electron chi connectivity index (χ2n) is 9.59. The molecule has 4 aromatic rings. The van der Waals surface area contributed by atoms with Crippen LogP contribution in [0.15, 0.2) is 72.8 Å². The zero-order valence-corrected chi connectivity index (χ0v) is 23.0. The van der Waals surface area contributed by atoms with Gasteiger partial charge in [0.2, 0.25) is 5.91 Å². The van der Waals surface area contributed by atoms with Crippen LogP contribution in [0.2, 0.25) is 5.02 Å². The van der Waals surface area contributed by atoms with Gasteiger partial charge < -0.3 is 15.5 Å². The van der Waals surface area contributed by atoms with E-state index in [0.29, 0.717) is 16.5 Å². The second kappa shape index (κ2) is 11.5. The Morgan fingerprint density at radius 3 is 2.26 bits per heavy atom. The van der Waals surface area contributed by atoms with Crippen LogP contribution in [0, 0.1) is 20.8 Å². The van der Waals surface area contributed by atoms with Crippen molar-refractivity contribution < 1.29 is 9.59 Å². The van der Waals surface area contributed by atoms with Gasteiger partial charge in [-0.15, -0.1) is 0 Å². The Morgan fingerprint density at radius 1 is 0.947 bits per heavy atom. The molecule has 0 fully saturated rings. The van der Waals surface area contributed by atoms with Crippen LogP contribution >= 0.6 is 11.6 Å². The summed E-state index contributed by atoms with van der Waals surface area (Å²) < 4.78 is 1.74. The van der Waals surface area contributed by atoms with E-state index in [9.17, 15) is 9.59 Å². The van der Waals surface area contributed by atoms with Crippen molar-refractivity contribution in [2.45, 2.75) is 40.7 Å². The van der Waals surface area contributed by atoms with Crippen LogP contribution in [0.5, 0.6) is 0 Å². The third kappa shape index (κ3) is 6.06. The van der Waals surface area contributed by atoms with Crippen LogP contribution < -0.4 is 10.6 Å². The van der Waals surface area contributed by atoms with E-state index >= 15 is 0 Å². The maximum absolute atomic E-state index is 13.4. The molecule has 0 aliphatic rings. The van der Waals surface area contributed by atoms with Gasteiger partial charge in [0.1, 0.15) is 12.4 Å². The summed E-state index contributed by atoms with van der Waals surface area (Å²) in [6.07, 6.45) is 0. The van der Waals surface area contributed by atoms with E-state index < -0.39 is 0 Å². The third-order valence-electron chi connectivity index (χ3n) is 6.28. The highest BCUT2D eigenvalue weighted by atomic mass is 35.5. The minimum absolute atomic E-state index is 0.143. The summed E-state index contributed by atoms with van der Waals surface area (Å²) >= 11 is 6.22. The molecular weight excluding hydrogens is 498 g/mol. The van der Waals surface area contributed by atoms with E-state index in [2.05, 4.69) is 10.6 Å². The predicted molar refractivity (Wildman–Crippen MR) is 154 cm³/mol. The fourth-order valence-corrected chi connectivity index (χ4v) is 4.33. The molecule has 0 saturated carbocycles. The Hall–Kier alpha value is -4.10. The van der Waals surface area contributed by atoms with Crippen LogP contribution in [0.3, 0.4) is 0 Å². The number of hydrogen-bond donors (Lipinski definition) is 2. The van der Waals surface area contributed by atoms with Gasteiger partial charge >= 0.3 is 6.03 Å². The molecule has 196 valence electrons. The molecule has 38 heavy (non-hydrogen) atoms. The van der Waals surface area contributed by atoms with Crippen molar-refractivity contribution in [2.24, 2.45) is 0 Å². The second-order valence-corrected chi connectivity index (χ2v) is 9.99. The maximum Gasteiger partial charge on any atom is 0.322 e. The Balaban J connectivity index is 1.62. The topological polar surface area (TPSA) is 79.3 Å². The predicted octanol–water partition coefficient (Wildman–Crippen LogP) is 7.00. The molecule has 3 aromatic carbocycles. The van der Waals surface area contributed by atoms with Crippen molar-refractivity contribution in [1.29, 1.82) is 0 Å². The van der Waals surface area contributed by atoms with Gasteiger partial charge in [0.15, 0.2) is 0 Å². The molecule has 0 saturated heterocycles. The Morgan fingerprint density at radius 2 is 1.63 bits per heavy atom. The lowest BCUT2D eigenvalue weighted by molar-refractivity contribution is -0.117. The zero-order valence-electron chi connectivity index (χ0n) is 22.2. The van der Waals surface area contributed by atoms with E-state index in [-0.39, 0.29) is 24.5 Å². The molecule has 1 aromatic heterocycles. The number of amides is 3. The lowest BCUT2D eigenvalue weighted by atomic mass is 10.1. The fourth-order valence-electron chi connectivity index (χ4n) is 4.15. The summed E-state index contributed by atoms with van der Waals surface area (Å²) in [6.45, 7) is 9.42. The van der Waals surface area contributed by atoms with Gasteiger partial charge in [0.25, 0.3) is 0 Å². The highest BCUT2D eigenvalue weighted by molar-refractivity contribution is 6.31. The number of carbonyl (C=O) groups excluding carboxylic acids is 2. The number of aromatic nitrogens is 2. The molecule has 7 nitrogen and oxygen atoms in total. The molecule has 0 radical (unpaired) electrons. The van der Waals surface area contributed by atoms with Crippen LogP contribution in [0.1, 0.15) is 30.7 Å². The third-order valence-corrected chi connectivity index (χ3v) is 6.69. The highest BCUT2D eigenvalue weighted by Crippen LogP contribution is 2.33. The smallest absolute Gasteiger partial charge is 0.313 e. The lowest BCUT2D eigenvalue weighted by Crippen LogP contribution is -2.44. The van der Waals surface area contributed by atoms with Crippen molar-refractivity contribution in [3.63, 3.8) is 0 Å². The summed E-state index contributed by atoms with van der Waals surface area (Å²) in [4.78, 5) is 28.0. The highest BCUT2D eigenvalue weighted by Gasteiger charge is 2.24. The normalized spacial score (nSPS) is 10.9. The van der Waals surface area contributed by atoms with Gasteiger partial charge in [-0.3, -0.25) is 4.79 Å². The molecule has 0 aliphatic carbocycles. The van der Waals surface area contributed by atoms with Gasteiger partial charge in [-0.05, 0) is 70.0 Å². The number of anilines is 2. The molecule has 0 spiro atoms. The first-order valence-corrected chi connectivity index (χ1v) is 12.9. The number of rotatable bonds is 7. The molecule has 0 unspecified atom stereocenters. The molecule has 8 heteroatoms. The van der Waals surface area contributed by atoms with Crippen molar-refractivity contribution in [3.8, 4) is 16.8 Å². The fraction of sp³-hybridized carbons (Fsp3) is 0.233. The Kier molecular flexibility index (Phi) is 8.17. The minimum Gasteiger partial charge on any atom is -0.313 e. The van der Waals surface area contributed by atoms with Crippen molar-refractivity contribution in [2.75, 3.05) is 17.2 Å². The van der Waals surface area contributed by atoms with E-state index in [0.717, 1.165) is 33.6 Å². The summed E-state index contributed by atoms with van der Waals surface area (Å²) in [7, 11) is 0. The molecule has 0 atom stereocenters. The van der Waals surface area contributed by atoms with Crippen LogP contribution in [0.25, 0.3) is 16.8 Å². The molecule has 0 bridgehead atoms. The molecular formula is C30H32ClN5O2. The quantitative estimate of drug-likeness (QED) is 0.270. The Labute approximate surface area is 228 Å². The average Bonchev–Trinajstić information content (AvgIpc) is 3.20. The van der Waals surface area contributed by atoms with E-state index in [4.69, 9.17) is 16.7 Å². The number of aryl methyl sites for hydroxylation is 3. The monoisotopic (exact) mass is 529 g/mol. The summed E-state index contributed by atoms with van der Waals surface area (Å²) in [5.41, 5.74) is 5.98. The number of benzene rings is 3. The van der Waals surface area contributed by atoms with E-state index in [1.54, 1.807) is 16.8 Å². The lowest BCUT2D eigenvalue weighted by Gasteiger charge is -2.26. The summed E-state index contributed by atoms with van der Waals surface area (Å²) in [5, 5.41) is 11.2. The minimum atomic E-state index is -0.387. The first kappa shape index (κ1) is 26.9. The summed E-state index contributed by atoms with van der Waals surface area (Å²) in [6, 6.07) is 22.5.